The van der Waals surface area contributed by atoms with Gasteiger partial charge in [0.2, 0.25) is 5.88 Å². The average Bonchev–Trinajstić information content (AvgIpc) is 3.21. The van der Waals surface area contributed by atoms with E-state index in [-0.39, 0.29) is 11.2 Å². The van der Waals surface area contributed by atoms with Gasteiger partial charge in [-0.05, 0) is 23.8 Å². The van der Waals surface area contributed by atoms with Crippen molar-refractivity contribution in [3.63, 3.8) is 0 Å². The fourth-order valence-electron chi connectivity index (χ4n) is 4.94. The van der Waals surface area contributed by atoms with Crippen LogP contribution in [-0.2, 0) is 14.9 Å². The van der Waals surface area contributed by atoms with Gasteiger partial charge in [0.15, 0.2) is 11.5 Å². The summed E-state index contributed by atoms with van der Waals surface area (Å²) in [4.78, 5) is 17.5. The number of ketones is 1. The molecule has 3 aliphatic rings. The smallest absolute Gasteiger partial charge is 0.210 e. The van der Waals surface area contributed by atoms with Gasteiger partial charge < -0.3 is 19.3 Å². The molecule has 0 saturated heterocycles. The third-order valence-electron chi connectivity index (χ3n) is 6.34. The number of carbonyl (C=O) groups excluding carboxylic acids is 1. The normalized spacial score (nSPS) is 25.4. The first-order chi connectivity index (χ1) is 14.9. The Kier molecular flexibility index (Phi) is 5.18. The molecule has 1 fully saturated rings. The molecule has 2 heterocycles. The minimum absolute atomic E-state index is 0.00534. The van der Waals surface area contributed by atoms with Crippen LogP contribution >= 0.6 is 0 Å². The molecule has 2 aromatic rings. The molecule has 5 rings (SSSR count). The molecule has 1 atom stereocenters. The molecular formula is C26H30N2O3. The van der Waals surface area contributed by atoms with Gasteiger partial charge in [0.25, 0.3) is 0 Å². The van der Waals surface area contributed by atoms with Gasteiger partial charge in [0.1, 0.15) is 6.10 Å². The molecule has 5 heteroatoms. The molecule has 31 heavy (non-hydrogen) atoms. The van der Waals surface area contributed by atoms with Crippen LogP contribution in [0.3, 0.4) is 0 Å². The number of rotatable bonds is 1. The molecule has 2 aliphatic heterocycles. The quantitative estimate of drug-likeness (QED) is 0.608. The molecule has 0 N–H and O–H groups in total. The van der Waals surface area contributed by atoms with Gasteiger partial charge in [-0.2, -0.15) is 0 Å². The highest BCUT2D eigenvalue weighted by molar-refractivity contribution is 6.20. The van der Waals surface area contributed by atoms with Gasteiger partial charge in [-0.25, -0.2) is 0 Å². The summed E-state index contributed by atoms with van der Waals surface area (Å²) in [7, 11) is 5.59. The van der Waals surface area contributed by atoms with Crippen molar-refractivity contribution in [3.05, 3.63) is 76.8 Å². The first-order valence-electron chi connectivity index (χ1n) is 10.8. The predicted molar refractivity (Wildman–Crippen MR) is 125 cm³/mol. The van der Waals surface area contributed by atoms with E-state index in [0.29, 0.717) is 17.0 Å². The number of allylic oxidation sites excluding steroid dienone is 1. The van der Waals surface area contributed by atoms with E-state index in [4.69, 9.17) is 9.47 Å². The second-order valence-corrected chi connectivity index (χ2v) is 8.26. The summed E-state index contributed by atoms with van der Waals surface area (Å²) in [6, 6.07) is 16.1. The largest absolute Gasteiger partial charge is 0.438 e. The van der Waals surface area contributed by atoms with Crippen molar-refractivity contribution in [1.82, 2.24) is 0 Å². The molecular weight excluding hydrogens is 388 g/mol. The second-order valence-electron chi connectivity index (χ2n) is 8.26. The lowest BCUT2D eigenvalue weighted by Gasteiger charge is -2.38. The number of benzene rings is 2. The van der Waals surface area contributed by atoms with E-state index in [1.165, 1.54) is 5.56 Å². The molecule has 1 unspecified atom stereocenters. The van der Waals surface area contributed by atoms with E-state index < -0.39 is 6.10 Å². The Hall–Kier alpha value is -3.05. The number of para-hydroxylation sites is 3. The van der Waals surface area contributed by atoms with E-state index in [0.717, 1.165) is 22.8 Å². The zero-order chi connectivity index (χ0) is 22.5. The van der Waals surface area contributed by atoms with Crippen LogP contribution < -0.4 is 14.5 Å². The Labute approximate surface area is 184 Å². The van der Waals surface area contributed by atoms with E-state index in [1.807, 2.05) is 69.2 Å². The van der Waals surface area contributed by atoms with E-state index in [1.54, 1.807) is 7.11 Å². The highest BCUT2D eigenvalue weighted by atomic mass is 16.5. The molecule has 0 radical (unpaired) electrons. The van der Waals surface area contributed by atoms with Crippen LogP contribution in [0.2, 0.25) is 0 Å². The summed E-state index contributed by atoms with van der Waals surface area (Å²) < 4.78 is 11.9. The van der Waals surface area contributed by atoms with Crippen LogP contribution in [0.5, 0.6) is 5.75 Å². The molecule has 162 valence electrons. The molecule has 0 bridgehead atoms. The van der Waals surface area contributed by atoms with Crippen molar-refractivity contribution in [3.8, 4) is 5.75 Å². The van der Waals surface area contributed by atoms with Crippen LogP contribution in [0.15, 0.2) is 71.3 Å². The fraction of sp³-hybridized carbons (Fsp3) is 0.346. The Morgan fingerprint density at radius 2 is 1.52 bits per heavy atom. The van der Waals surface area contributed by atoms with Crippen molar-refractivity contribution >= 4 is 17.2 Å². The van der Waals surface area contributed by atoms with E-state index in [9.17, 15) is 4.79 Å². The number of likely N-dealkylation sites (N-methyl/N-ethyl adjacent to an activating group) is 1. The molecule has 0 spiro atoms. The number of nitrogens with zero attached hydrogens (tertiary/aromatic N) is 2. The number of carbonyl (C=O) groups is 1. The highest BCUT2D eigenvalue weighted by Gasteiger charge is 2.52. The van der Waals surface area contributed by atoms with Gasteiger partial charge in [0, 0.05) is 38.0 Å². The first kappa shape index (κ1) is 21.2. The Balaban J connectivity index is 0.00000112. The van der Waals surface area contributed by atoms with Gasteiger partial charge in [-0.1, -0.05) is 58.0 Å². The van der Waals surface area contributed by atoms with E-state index >= 15 is 0 Å². The maximum atomic E-state index is 13.5. The number of methoxy groups -OCH3 is 1. The summed E-state index contributed by atoms with van der Waals surface area (Å²) in [5.41, 5.74) is 5.30. The minimum atomic E-state index is -0.416. The molecule has 1 saturated carbocycles. The van der Waals surface area contributed by atoms with Crippen molar-refractivity contribution in [2.45, 2.75) is 39.2 Å². The Bertz CT molecular complexity index is 1110. The van der Waals surface area contributed by atoms with Gasteiger partial charge in [-0.15, -0.1) is 0 Å². The van der Waals surface area contributed by atoms with Crippen molar-refractivity contribution in [2.24, 2.45) is 0 Å². The summed E-state index contributed by atoms with van der Waals surface area (Å²) in [5, 5.41) is 0. The number of Topliss-reactive ketones (excluding diaryl/α,β-unsaturated/α-hetero) is 1. The number of anilines is 2. The second kappa shape index (κ2) is 7.57. The van der Waals surface area contributed by atoms with Crippen molar-refractivity contribution in [2.75, 3.05) is 31.0 Å². The number of fused-ring (bicyclic) bond motifs is 2. The summed E-state index contributed by atoms with van der Waals surface area (Å²) in [5.74, 6) is 1.31. The maximum absolute atomic E-state index is 13.5. The van der Waals surface area contributed by atoms with Gasteiger partial charge in [-0.3, -0.25) is 4.79 Å². The Morgan fingerprint density at radius 1 is 0.903 bits per heavy atom. The standard InChI is InChI=1S/C24H24N2O3.C2H6/c1-24(2)14-10-6-7-11-15(14)25(3)22(24)18-20(27)19(21(18)28-5)23-26(4)16-12-8-9-13-17(16)29-23;1-2/h6-13,21H,1-5H3;1-2H3/b22-18-,23-19+;. The molecule has 1 aliphatic carbocycles. The molecule has 0 aromatic heterocycles. The highest BCUT2D eigenvalue weighted by Crippen LogP contribution is 2.52. The SMILES string of the molecule is CC.COC1/C(=C2/Oc3ccccc3N2C)C(=O)/C1=C1/N(C)c2ccccc2C1(C)C. The zero-order valence-electron chi connectivity index (χ0n) is 19.3. The summed E-state index contributed by atoms with van der Waals surface area (Å²) in [6.07, 6.45) is -0.416. The van der Waals surface area contributed by atoms with Crippen LogP contribution in [0, 0.1) is 0 Å². The lowest BCUT2D eigenvalue weighted by Crippen LogP contribution is -2.46. The monoisotopic (exact) mass is 418 g/mol. The minimum Gasteiger partial charge on any atom is -0.438 e. The number of hydrogen-bond donors (Lipinski definition) is 0. The predicted octanol–water partition coefficient (Wildman–Crippen LogP) is 5.03. The van der Waals surface area contributed by atoms with Crippen LogP contribution in [0.25, 0.3) is 0 Å². The topological polar surface area (TPSA) is 42.0 Å². The maximum Gasteiger partial charge on any atom is 0.210 e. The molecule has 0 amide bonds. The lowest BCUT2D eigenvalue weighted by atomic mass is 9.73. The summed E-state index contributed by atoms with van der Waals surface area (Å²) in [6.45, 7) is 8.33. The number of hydrogen-bond acceptors (Lipinski definition) is 5. The lowest BCUT2D eigenvalue weighted by molar-refractivity contribution is -0.118. The average molecular weight is 419 g/mol. The summed E-state index contributed by atoms with van der Waals surface area (Å²) >= 11 is 0. The first-order valence-corrected chi connectivity index (χ1v) is 10.8. The Morgan fingerprint density at radius 3 is 2.13 bits per heavy atom. The van der Waals surface area contributed by atoms with Crippen LogP contribution in [0.1, 0.15) is 33.3 Å². The third-order valence-corrected chi connectivity index (χ3v) is 6.34. The van der Waals surface area contributed by atoms with Crippen molar-refractivity contribution in [1.29, 1.82) is 0 Å². The zero-order valence-corrected chi connectivity index (χ0v) is 19.3. The van der Waals surface area contributed by atoms with Crippen LogP contribution in [-0.4, -0.2) is 33.1 Å². The fourth-order valence-corrected chi connectivity index (χ4v) is 4.94. The van der Waals surface area contributed by atoms with Crippen molar-refractivity contribution < 1.29 is 14.3 Å². The van der Waals surface area contributed by atoms with Gasteiger partial charge in [0.05, 0.1) is 16.8 Å². The van der Waals surface area contributed by atoms with Crippen LogP contribution in [0.4, 0.5) is 11.4 Å². The molecule has 2 aromatic carbocycles. The van der Waals surface area contributed by atoms with Gasteiger partial charge >= 0.3 is 0 Å². The molecule has 5 nitrogen and oxygen atoms in total. The third kappa shape index (κ3) is 2.83. The number of ether oxygens (including phenoxy) is 2. The van der Waals surface area contributed by atoms with E-state index in [2.05, 4.69) is 30.9 Å².